The number of nitrogens with one attached hydrogen (secondary N) is 2. The van der Waals surface area contributed by atoms with Crippen molar-refractivity contribution in [2.45, 2.75) is 82.4 Å². The molecule has 3 rings (SSSR count). The van der Waals surface area contributed by atoms with Gasteiger partial charge in [-0.15, -0.1) is 0 Å². The maximum atomic E-state index is 13.3. The van der Waals surface area contributed by atoms with E-state index in [4.69, 9.17) is 4.74 Å². The van der Waals surface area contributed by atoms with Crippen molar-refractivity contribution in [1.82, 2.24) is 14.9 Å². The van der Waals surface area contributed by atoms with Crippen LogP contribution in [0.25, 0.3) is 0 Å². The molecule has 1 saturated heterocycles. The number of hydrogen-bond donors (Lipinski definition) is 2. The number of rotatable bonds is 10. The minimum Gasteiger partial charge on any atom is -0.376 e. The lowest BCUT2D eigenvalue weighted by molar-refractivity contribution is -0.143. The summed E-state index contributed by atoms with van der Waals surface area (Å²) in [4.78, 5) is 28.2. The summed E-state index contributed by atoms with van der Waals surface area (Å²) < 4.78 is 33.5. The highest BCUT2D eigenvalue weighted by Crippen LogP contribution is 2.21. The maximum Gasteiger partial charge on any atom is 0.243 e. The first-order valence-electron chi connectivity index (χ1n) is 11.9. The van der Waals surface area contributed by atoms with Crippen molar-refractivity contribution in [1.29, 1.82) is 0 Å². The van der Waals surface area contributed by atoms with E-state index in [9.17, 15) is 18.0 Å². The minimum absolute atomic E-state index is 0.103. The Morgan fingerprint density at radius 3 is 2.33 bits per heavy atom. The number of hydrogen-bond acceptors (Lipinski definition) is 5. The molecular formula is C24H37N3O5S. The molecule has 33 heavy (non-hydrogen) atoms. The zero-order valence-corrected chi connectivity index (χ0v) is 20.7. The molecule has 2 atom stereocenters. The first kappa shape index (κ1) is 25.6. The van der Waals surface area contributed by atoms with Crippen LogP contribution in [-0.2, 0) is 24.3 Å². The van der Waals surface area contributed by atoms with Crippen molar-refractivity contribution in [2.24, 2.45) is 5.92 Å². The molecule has 8 nitrogen and oxygen atoms in total. The quantitative estimate of drug-likeness (QED) is 0.536. The molecule has 2 N–H and O–H groups in total. The number of nitrogens with zero attached hydrogens (tertiary/aromatic N) is 1. The zero-order chi connectivity index (χ0) is 24.0. The monoisotopic (exact) mass is 479 g/mol. The van der Waals surface area contributed by atoms with Gasteiger partial charge < -0.3 is 15.0 Å². The predicted octanol–water partition coefficient (Wildman–Crippen LogP) is 2.36. The molecule has 0 aromatic heterocycles. The summed E-state index contributed by atoms with van der Waals surface area (Å²) >= 11 is 0. The molecule has 0 spiro atoms. The van der Waals surface area contributed by atoms with Crippen LogP contribution in [-0.4, -0.2) is 63.0 Å². The molecule has 2 fully saturated rings. The van der Waals surface area contributed by atoms with E-state index in [1.54, 1.807) is 12.1 Å². The fourth-order valence-electron chi connectivity index (χ4n) is 4.60. The van der Waals surface area contributed by atoms with Crippen LogP contribution < -0.4 is 10.0 Å². The third-order valence-electron chi connectivity index (χ3n) is 6.43. The largest absolute Gasteiger partial charge is 0.376 e. The molecule has 2 aliphatic rings. The van der Waals surface area contributed by atoms with Crippen molar-refractivity contribution >= 4 is 21.8 Å². The van der Waals surface area contributed by atoms with E-state index in [1.165, 1.54) is 17.0 Å². The molecule has 1 aromatic carbocycles. The molecule has 1 aromatic rings. The van der Waals surface area contributed by atoms with Crippen LogP contribution in [0.1, 0.15) is 57.9 Å². The lowest BCUT2D eigenvalue weighted by atomic mass is 9.99. The van der Waals surface area contributed by atoms with E-state index < -0.39 is 28.5 Å². The van der Waals surface area contributed by atoms with Gasteiger partial charge in [-0.05, 0) is 50.7 Å². The van der Waals surface area contributed by atoms with Crippen molar-refractivity contribution in [3.05, 3.63) is 29.8 Å². The van der Waals surface area contributed by atoms with Crippen molar-refractivity contribution < 1.29 is 22.7 Å². The standard InChI is InChI=1S/C24H37N3O5S/c1-17(2)23(24(29)26-19-7-4-5-8-19)27(16-20-9-6-14-32-20)22(28)15-25-33(30,31)21-12-10-18(3)11-13-21/h10-13,17,19-20,23,25H,4-9,14-16H2,1-3H3,(H,26,29)/t20-,23+/m1/s1. The summed E-state index contributed by atoms with van der Waals surface area (Å²) in [6.07, 6.45) is 5.66. The summed E-state index contributed by atoms with van der Waals surface area (Å²) in [5, 5.41) is 3.11. The van der Waals surface area contributed by atoms with Crippen LogP contribution in [0.4, 0.5) is 0 Å². The second kappa shape index (κ2) is 11.4. The third kappa shape index (κ3) is 7.01. The van der Waals surface area contributed by atoms with E-state index in [-0.39, 0.29) is 35.4 Å². The number of aryl methyl sites for hydroxylation is 1. The molecule has 1 heterocycles. The Hall–Kier alpha value is -1.97. The molecule has 0 unspecified atom stereocenters. The molecule has 184 valence electrons. The highest BCUT2D eigenvalue weighted by molar-refractivity contribution is 7.89. The van der Waals surface area contributed by atoms with Gasteiger partial charge in [0.05, 0.1) is 17.5 Å². The average molecular weight is 480 g/mol. The molecule has 2 amide bonds. The minimum atomic E-state index is -3.85. The fraction of sp³-hybridized carbons (Fsp3) is 0.667. The summed E-state index contributed by atoms with van der Waals surface area (Å²) in [5.41, 5.74) is 0.945. The molecule has 1 saturated carbocycles. The number of amides is 2. The zero-order valence-electron chi connectivity index (χ0n) is 19.9. The normalized spacial score (nSPS) is 20.2. The van der Waals surface area contributed by atoms with E-state index in [1.807, 2.05) is 20.8 Å². The summed E-state index contributed by atoms with van der Waals surface area (Å²) in [7, 11) is -3.85. The molecule has 1 aliphatic carbocycles. The topological polar surface area (TPSA) is 105 Å². The van der Waals surface area contributed by atoms with Gasteiger partial charge in [-0.3, -0.25) is 9.59 Å². The fourth-order valence-corrected chi connectivity index (χ4v) is 5.57. The van der Waals surface area contributed by atoms with Crippen LogP contribution in [0.2, 0.25) is 0 Å². The number of benzene rings is 1. The smallest absolute Gasteiger partial charge is 0.243 e. The molecule has 9 heteroatoms. The predicted molar refractivity (Wildman–Crippen MR) is 126 cm³/mol. The first-order chi connectivity index (χ1) is 15.7. The van der Waals surface area contributed by atoms with Gasteiger partial charge in [0.1, 0.15) is 6.04 Å². The van der Waals surface area contributed by atoms with Crippen LogP contribution in [0.5, 0.6) is 0 Å². The van der Waals surface area contributed by atoms with Gasteiger partial charge in [-0.1, -0.05) is 44.4 Å². The van der Waals surface area contributed by atoms with Gasteiger partial charge in [-0.25, -0.2) is 13.1 Å². The molecule has 0 bridgehead atoms. The highest BCUT2D eigenvalue weighted by Gasteiger charge is 2.36. The lowest BCUT2D eigenvalue weighted by Crippen LogP contribution is -2.57. The van der Waals surface area contributed by atoms with E-state index in [0.717, 1.165) is 44.1 Å². The van der Waals surface area contributed by atoms with Gasteiger partial charge in [-0.2, -0.15) is 0 Å². The van der Waals surface area contributed by atoms with E-state index >= 15 is 0 Å². The highest BCUT2D eigenvalue weighted by atomic mass is 32.2. The Labute approximate surface area is 197 Å². The lowest BCUT2D eigenvalue weighted by Gasteiger charge is -2.35. The summed E-state index contributed by atoms with van der Waals surface area (Å²) in [6.45, 7) is 6.18. The Bertz CT molecular complexity index is 905. The van der Waals surface area contributed by atoms with Gasteiger partial charge >= 0.3 is 0 Å². The molecule has 1 aliphatic heterocycles. The number of sulfonamides is 1. The second-order valence-corrected chi connectivity index (χ2v) is 11.3. The molecular weight excluding hydrogens is 442 g/mol. The van der Waals surface area contributed by atoms with Gasteiger partial charge in [0.25, 0.3) is 0 Å². The van der Waals surface area contributed by atoms with Crippen molar-refractivity contribution in [3.63, 3.8) is 0 Å². The number of carbonyl (C=O) groups is 2. The van der Waals surface area contributed by atoms with Crippen molar-refractivity contribution in [2.75, 3.05) is 19.7 Å². The van der Waals surface area contributed by atoms with Crippen molar-refractivity contribution in [3.8, 4) is 0 Å². The van der Waals surface area contributed by atoms with Gasteiger partial charge in [0.2, 0.25) is 21.8 Å². The average Bonchev–Trinajstić information content (AvgIpc) is 3.46. The number of carbonyl (C=O) groups excluding carboxylic acids is 2. The third-order valence-corrected chi connectivity index (χ3v) is 7.84. The van der Waals surface area contributed by atoms with Crippen LogP contribution >= 0.6 is 0 Å². The van der Waals surface area contributed by atoms with Crippen LogP contribution in [0.15, 0.2) is 29.2 Å². The van der Waals surface area contributed by atoms with Gasteiger partial charge in [0, 0.05) is 19.2 Å². The first-order valence-corrected chi connectivity index (χ1v) is 13.4. The summed E-state index contributed by atoms with van der Waals surface area (Å²) in [5.74, 6) is -0.739. The maximum absolute atomic E-state index is 13.3. The Morgan fingerprint density at radius 1 is 1.09 bits per heavy atom. The van der Waals surface area contributed by atoms with Crippen LogP contribution in [0.3, 0.4) is 0 Å². The van der Waals surface area contributed by atoms with E-state index in [2.05, 4.69) is 10.0 Å². The Morgan fingerprint density at radius 2 is 1.76 bits per heavy atom. The van der Waals surface area contributed by atoms with Crippen LogP contribution in [0, 0.1) is 12.8 Å². The Kier molecular flexibility index (Phi) is 8.89. The SMILES string of the molecule is Cc1ccc(S(=O)(=O)NCC(=O)N(C[C@H]2CCCO2)[C@H](C(=O)NC2CCCC2)C(C)C)cc1. The summed E-state index contributed by atoms with van der Waals surface area (Å²) in [6, 6.07) is 5.89. The second-order valence-electron chi connectivity index (χ2n) is 9.50. The van der Waals surface area contributed by atoms with E-state index in [0.29, 0.717) is 6.61 Å². The van der Waals surface area contributed by atoms with Gasteiger partial charge in [0.15, 0.2) is 0 Å². The number of ether oxygens (including phenoxy) is 1. The molecule has 0 radical (unpaired) electrons. The Balaban J connectivity index is 1.74.